The van der Waals surface area contributed by atoms with E-state index in [-0.39, 0.29) is 0 Å². The number of nitrogens with zero attached hydrogens (tertiary/aromatic N) is 3. The SMILES string of the molecule is Cc1ccc(Cl)cc1C1CC(C)c2nc(N)nn2C1. The molecule has 0 spiro atoms. The number of fused-ring (bicyclic) bond motifs is 1. The predicted octanol–water partition coefficient (Wildman–Crippen LogP) is 3.11. The molecule has 2 N–H and O–H groups in total. The zero-order chi connectivity index (χ0) is 13.6. The summed E-state index contributed by atoms with van der Waals surface area (Å²) in [5.41, 5.74) is 8.28. The van der Waals surface area contributed by atoms with Crippen LogP contribution in [-0.4, -0.2) is 14.8 Å². The van der Waals surface area contributed by atoms with Crippen molar-refractivity contribution in [3.8, 4) is 0 Å². The van der Waals surface area contributed by atoms with Crippen LogP contribution < -0.4 is 5.73 Å². The Hall–Kier alpha value is -1.55. The Morgan fingerprint density at radius 1 is 1.42 bits per heavy atom. The van der Waals surface area contributed by atoms with E-state index in [1.165, 1.54) is 11.1 Å². The first-order valence-electron chi connectivity index (χ1n) is 6.51. The van der Waals surface area contributed by atoms with Gasteiger partial charge in [0.2, 0.25) is 5.95 Å². The number of rotatable bonds is 1. The Labute approximate surface area is 117 Å². The minimum Gasteiger partial charge on any atom is -0.366 e. The molecule has 1 aromatic carbocycles. The van der Waals surface area contributed by atoms with Crippen molar-refractivity contribution in [1.29, 1.82) is 0 Å². The van der Waals surface area contributed by atoms with E-state index in [1.54, 1.807) is 0 Å². The van der Waals surface area contributed by atoms with Crippen molar-refractivity contribution in [3.63, 3.8) is 0 Å². The third kappa shape index (κ3) is 2.21. The topological polar surface area (TPSA) is 56.7 Å². The molecule has 0 saturated heterocycles. The highest BCUT2D eigenvalue weighted by molar-refractivity contribution is 6.30. The first kappa shape index (κ1) is 12.5. The summed E-state index contributed by atoms with van der Waals surface area (Å²) in [4.78, 5) is 4.30. The molecule has 4 nitrogen and oxygen atoms in total. The van der Waals surface area contributed by atoms with E-state index in [2.05, 4.69) is 36.1 Å². The number of hydrogen-bond acceptors (Lipinski definition) is 3. The lowest BCUT2D eigenvalue weighted by Gasteiger charge is -2.28. The van der Waals surface area contributed by atoms with Gasteiger partial charge in [0, 0.05) is 23.4 Å². The Balaban J connectivity index is 1.98. The molecule has 0 saturated carbocycles. The van der Waals surface area contributed by atoms with Crippen molar-refractivity contribution in [2.75, 3.05) is 5.73 Å². The van der Waals surface area contributed by atoms with Gasteiger partial charge in [0.1, 0.15) is 5.82 Å². The molecule has 2 unspecified atom stereocenters. The van der Waals surface area contributed by atoms with Crippen LogP contribution in [0.15, 0.2) is 18.2 Å². The Kier molecular flexibility index (Phi) is 2.97. The second-order valence-corrected chi connectivity index (χ2v) is 5.78. The Morgan fingerprint density at radius 3 is 3.00 bits per heavy atom. The number of benzene rings is 1. The molecule has 2 aromatic rings. The molecule has 3 rings (SSSR count). The lowest BCUT2D eigenvalue weighted by Crippen LogP contribution is -2.23. The second kappa shape index (κ2) is 4.53. The predicted molar refractivity (Wildman–Crippen MR) is 76.4 cm³/mol. The minimum atomic E-state index is 0.363. The summed E-state index contributed by atoms with van der Waals surface area (Å²) in [6, 6.07) is 6.08. The number of aryl methyl sites for hydroxylation is 1. The van der Waals surface area contributed by atoms with Crippen LogP contribution in [0.4, 0.5) is 5.95 Å². The van der Waals surface area contributed by atoms with Gasteiger partial charge in [0.15, 0.2) is 0 Å². The molecule has 2 heterocycles. The summed E-state index contributed by atoms with van der Waals surface area (Å²) < 4.78 is 1.94. The molecule has 0 bridgehead atoms. The van der Waals surface area contributed by atoms with E-state index >= 15 is 0 Å². The lowest BCUT2D eigenvalue weighted by atomic mass is 9.84. The van der Waals surface area contributed by atoms with Gasteiger partial charge in [-0.1, -0.05) is 24.6 Å². The molecule has 19 heavy (non-hydrogen) atoms. The monoisotopic (exact) mass is 276 g/mol. The molecule has 1 aromatic heterocycles. The van der Waals surface area contributed by atoms with Gasteiger partial charge in [0.05, 0.1) is 0 Å². The highest BCUT2D eigenvalue weighted by Crippen LogP contribution is 2.37. The Bertz CT molecular complexity index is 620. The van der Waals surface area contributed by atoms with E-state index in [0.29, 0.717) is 17.8 Å². The van der Waals surface area contributed by atoms with Gasteiger partial charge in [-0.15, -0.1) is 5.10 Å². The summed E-state index contributed by atoms with van der Waals surface area (Å²) in [6.45, 7) is 5.12. The summed E-state index contributed by atoms with van der Waals surface area (Å²) in [6.07, 6.45) is 1.05. The molecule has 1 aliphatic heterocycles. The van der Waals surface area contributed by atoms with E-state index in [9.17, 15) is 0 Å². The van der Waals surface area contributed by atoms with Crippen LogP contribution in [0.25, 0.3) is 0 Å². The molecular weight excluding hydrogens is 260 g/mol. The van der Waals surface area contributed by atoms with Gasteiger partial charge in [-0.05, 0) is 36.6 Å². The normalized spacial score (nSPS) is 22.3. The first-order valence-corrected chi connectivity index (χ1v) is 6.88. The van der Waals surface area contributed by atoms with Gasteiger partial charge in [-0.2, -0.15) is 4.98 Å². The fourth-order valence-corrected chi connectivity index (χ4v) is 3.14. The summed E-state index contributed by atoms with van der Waals surface area (Å²) >= 11 is 6.12. The average molecular weight is 277 g/mol. The zero-order valence-electron chi connectivity index (χ0n) is 11.1. The number of halogens is 1. The fraction of sp³-hybridized carbons (Fsp3) is 0.429. The summed E-state index contributed by atoms with van der Waals surface area (Å²) in [7, 11) is 0. The van der Waals surface area contributed by atoms with Crippen LogP contribution in [0.1, 0.15) is 42.1 Å². The third-order valence-corrected chi connectivity index (χ3v) is 4.11. The van der Waals surface area contributed by atoms with E-state index in [0.717, 1.165) is 23.8 Å². The van der Waals surface area contributed by atoms with E-state index < -0.39 is 0 Å². The van der Waals surface area contributed by atoms with Crippen molar-refractivity contribution in [2.24, 2.45) is 0 Å². The van der Waals surface area contributed by atoms with Gasteiger partial charge < -0.3 is 5.73 Å². The molecule has 0 aliphatic carbocycles. The quantitative estimate of drug-likeness (QED) is 0.871. The van der Waals surface area contributed by atoms with Crippen molar-refractivity contribution in [3.05, 3.63) is 40.2 Å². The van der Waals surface area contributed by atoms with Gasteiger partial charge in [-0.25, -0.2) is 4.68 Å². The number of anilines is 1. The lowest BCUT2D eigenvalue weighted by molar-refractivity contribution is 0.382. The Morgan fingerprint density at radius 2 is 2.21 bits per heavy atom. The highest BCUT2D eigenvalue weighted by atomic mass is 35.5. The highest BCUT2D eigenvalue weighted by Gasteiger charge is 2.28. The van der Waals surface area contributed by atoms with Crippen molar-refractivity contribution in [2.45, 2.75) is 38.6 Å². The standard InChI is InChI=1S/C14H17ClN4/c1-8-3-4-11(15)6-12(8)10-5-9(2)13-17-14(16)18-19(13)7-10/h3-4,6,9-10H,5,7H2,1-2H3,(H2,16,18). The van der Waals surface area contributed by atoms with E-state index in [1.807, 2.05) is 10.7 Å². The van der Waals surface area contributed by atoms with Crippen molar-refractivity contribution >= 4 is 17.5 Å². The average Bonchev–Trinajstić information content (AvgIpc) is 2.73. The van der Waals surface area contributed by atoms with Crippen LogP contribution in [0, 0.1) is 6.92 Å². The maximum atomic E-state index is 6.12. The molecule has 100 valence electrons. The molecule has 0 radical (unpaired) electrons. The van der Waals surface area contributed by atoms with Crippen molar-refractivity contribution in [1.82, 2.24) is 14.8 Å². The fourth-order valence-electron chi connectivity index (χ4n) is 2.96. The molecule has 0 fully saturated rings. The molecule has 0 amide bonds. The smallest absolute Gasteiger partial charge is 0.239 e. The summed E-state index contributed by atoms with van der Waals surface area (Å²) in [5.74, 6) is 2.14. The molecule has 5 heteroatoms. The third-order valence-electron chi connectivity index (χ3n) is 3.87. The maximum Gasteiger partial charge on any atom is 0.239 e. The minimum absolute atomic E-state index is 0.363. The molecule has 1 aliphatic rings. The number of hydrogen-bond donors (Lipinski definition) is 1. The summed E-state index contributed by atoms with van der Waals surface area (Å²) in [5, 5.41) is 5.07. The van der Waals surface area contributed by atoms with Crippen LogP contribution in [0.3, 0.4) is 0 Å². The number of nitrogens with two attached hydrogens (primary N) is 1. The number of aromatic nitrogens is 3. The maximum absolute atomic E-state index is 6.12. The van der Waals surface area contributed by atoms with Crippen LogP contribution in [-0.2, 0) is 6.54 Å². The molecule has 2 atom stereocenters. The second-order valence-electron chi connectivity index (χ2n) is 5.34. The molecular formula is C14H17ClN4. The van der Waals surface area contributed by atoms with Crippen molar-refractivity contribution < 1.29 is 0 Å². The first-order chi connectivity index (χ1) is 9.04. The van der Waals surface area contributed by atoms with Gasteiger partial charge in [-0.3, -0.25) is 0 Å². The van der Waals surface area contributed by atoms with Gasteiger partial charge >= 0.3 is 0 Å². The van der Waals surface area contributed by atoms with Crippen LogP contribution in [0.2, 0.25) is 5.02 Å². The zero-order valence-corrected chi connectivity index (χ0v) is 11.9. The van der Waals surface area contributed by atoms with Crippen LogP contribution >= 0.6 is 11.6 Å². The van der Waals surface area contributed by atoms with Crippen LogP contribution in [0.5, 0.6) is 0 Å². The van der Waals surface area contributed by atoms with E-state index in [4.69, 9.17) is 17.3 Å². The number of nitrogen functional groups attached to an aromatic ring is 1. The van der Waals surface area contributed by atoms with Gasteiger partial charge in [0.25, 0.3) is 0 Å². The largest absolute Gasteiger partial charge is 0.366 e.